The van der Waals surface area contributed by atoms with Gasteiger partial charge in [-0.05, 0) is 62.0 Å². The number of carboxylic acids is 2. The summed E-state index contributed by atoms with van der Waals surface area (Å²) in [7, 11) is 0. The molecule has 0 radical (unpaired) electrons. The molecule has 5 rings (SSSR count). The van der Waals surface area contributed by atoms with E-state index in [1.165, 1.54) is 6.92 Å². The lowest BCUT2D eigenvalue weighted by Gasteiger charge is -2.44. The second kappa shape index (κ2) is 6.90. The Morgan fingerprint density at radius 1 is 1.15 bits per heavy atom. The number of carboxylic acid groups (broad SMARTS) is 2. The third-order valence-electron chi connectivity index (χ3n) is 8.45. The van der Waals surface area contributed by atoms with E-state index < -0.39 is 52.3 Å². The van der Waals surface area contributed by atoms with Crippen molar-refractivity contribution in [2.24, 2.45) is 22.7 Å². The largest absolute Gasteiger partial charge is 0.481 e. The van der Waals surface area contributed by atoms with Crippen molar-refractivity contribution in [2.45, 2.75) is 44.3 Å². The molecular weight excluding hydrogens is 424 g/mol. The summed E-state index contributed by atoms with van der Waals surface area (Å²) in [5.74, 6) is -4.98. The van der Waals surface area contributed by atoms with Crippen LogP contribution in [0, 0.1) is 22.7 Å². The minimum atomic E-state index is -1.70. The first-order chi connectivity index (χ1) is 15.5. The molecule has 7 heteroatoms. The van der Waals surface area contributed by atoms with Gasteiger partial charge in [-0.1, -0.05) is 36.4 Å². The van der Waals surface area contributed by atoms with Crippen LogP contribution in [0.4, 0.5) is 0 Å². The number of benzene rings is 1. The predicted molar refractivity (Wildman–Crippen MR) is 117 cm³/mol. The highest BCUT2D eigenvalue weighted by atomic mass is 16.5. The van der Waals surface area contributed by atoms with Crippen molar-refractivity contribution in [2.75, 3.05) is 0 Å². The van der Waals surface area contributed by atoms with Gasteiger partial charge in [-0.25, -0.2) is 4.79 Å². The molecule has 1 aromatic carbocycles. The highest BCUT2D eigenvalue weighted by Crippen LogP contribution is 2.71. The Bertz CT molecular complexity index is 1150. The number of hydrogen-bond acceptors (Lipinski definition) is 5. The molecule has 6 atom stereocenters. The van der Waals surface area contributed by atoms with Crippen LogP contribution in [-0.4, -0.2) is 44.9 Å². The van der Waals surface area contributed by atoms with Gasteiger partial charge in [0.25, 0.3) is 0 Å². The van der Waals surface area contributed by atoms with Gasteiger partial charge in [0, 0.05) is 11.3 Å². The standard InChI is InChI=1S/C26H26O7/c1-14-12-25-13-26(14,32)11-10-17(25)16-8-9-18(33-22(29)15-6-4-3-5-7-15)24(2,23(30)31)19(16)20(25)21(27)28/h3-9,18-20,32H,1,10-13H2,2H3,(H,27,28)(H,30,31)/t18?,19?,20-,24-,25?,26?/m1/s1. The van der Waals surface area contributed by atoms with Crippen LogP contribution < -0.4 is 0 Å². The van der Waals surface area contributed by atoms with Crippen LogP contribution in [0.2, 0.25) is 0 Å². The molecule has 0 amide bonds. The first-order valence-corrected chi connectivity index (χ1v) is 11.1. The van der Waals surface area contributed by atoms with Crippen molar-refractivity contribution in [1.29, 1.82) is 0 Å². The molecule has 172 valence electrons. The van der Waals surface area contributed by atoms with Crippen molar-refractivity contribution in [3.8, 4) is 0 Å². The quantitative estimate of drug-likeness (QED) is 0.475. The molecule has 2 fully saturated rings. The Morgan fingerprint density at radius 3 is 2.48 bits per heavy atom. The number of fused-ring (bicyclic) bond motifs is 2. The molecule has 4 aliphatic rings. The van der Waals surface area contributed by atoms with Gasteiger partial charge in [-0.3, -0.25) is 9.59 Å². The Labute approximate surface area is 191 Å². The molecule has 4 aliphatic carbocycles. The molecule has 0 saturated heterocycles. The van der Waals surface area contributed by atoms with Crippen LogP contribution in [0.25, 0.3) is 0 Å². The average Bonchev–Trinajstić information content (AvgIpc) is 3.16. The summed E-state index contributed by atoms with van der Waals surface area (Å²) >= 11 is 0. The van der Waals surface area contributed by atoms with Gasteiger partial charge in [0.15, 0.2) is 0 Å². The number of aliphatic carboxylic acids is 2. The summed E-state index contributed by atoms with van der Waals surface area (Å²) in [6, 6.07) is 8.27. The second-order valence-corrected chi connectivity index (χ2v) is 10.0. The summed E-state index contributed by atoms with van der Waals surface area (Å²) in [6.07, 6.45) is 3.62. The van der Waals surface area contributed by atoms with E-state index in [1.807, 2.05) is 0 Å². The molecule has 3 N–H and O–H groups in total. The number of carbonyl (C=O) groups is 3. The third-order valence-corrected chi connectivity index (χ3v) is 8.45. The summed E-state index contributed by atoms with van der Waals surface area (Å²) in [5, 5.41) is 31.8. The van der Waals surface area contributed by atoms with Crippen molar-refractivity contribution in [3.63, 3.8) is 0 Å². The Kier molecular flexibility index (Phi) is 4.53. The van der Waals surface area contributed by atoms with E-state index in [4.69, 9.17) is 4.74 Å². The van der Waals surface area contributed by atoms with Crippen molar-refractivity contribution in [3.05, 3.63) is 71.3 Å². The smallest absolute Gasteiger partial charge is 0.338 e. The average molecular weight is 450 g/mol. The van der Waals surface area contributed by atoms with E-state index in [1.54, 1.807) is 42.5 Å². The minimum Gasteiger partial charge on any atom is -0.481 e. The zero-order valence-electron chi connectivity index (χ0n) is 18.3. The van der Waals surface area contributed by atoms with Gasteiger partial charge in [0.1, 0.15) is 11.5 Å². The molecule has 0 aromatic heterocycles. The zero-order chi connectivity index (χ0) is 23.8. The number of hydrogen-bond donors (Lipinski definition) is 3. The van der Waals surface area contributed by atoms with Crippen LogP contribution in [0.15, 0.2) is 65.8 Å². The van der Waals surface area contributed by atoms with Crippen molar-refractivity contribution < 1.29 is 34.4 Å². The number of allylic oxidation sites excluding steroid dienone is 3. The van der Waals surface area contributed by atoms with E-state index in [0.29, 0.717) is 30.4 Å². The number of ether oxygens (including phenoxy) is 1. The van der Waals surface area contributed by atoms with Crippen LogP contribution in [0.1, 0.15) is 43.0 Å². The van der Waals surface area contributed by atoms with Crippen LogP contribution in [0.5, 0.6) is 0 Å². The highest BCUT2D eigenvalue weighted by molar-refractivity contribution is 5.90. The number of rotatable bonds is 4. The van der Waals surface area contributed by atoms with Crippen molar-refractivity contribution >= 4 is 17.9 Å². The Balaban J connectivity index is 1.62. The molecule has 1 spiro atoms. The topological polar surface area (TPSA) is 121 Å². The fourth-order valence-electron chi connectivity index (χ4n) is 6.83. The molecule has 2 saturated carbocycles. The molecule has 1 aromatic rings. The normalized spacial score (nSPS) is 38.6. The maximum absolute atomic E-state index is 12.8. The maximum Gasteiger partial charge on any atom is 0.338 e. The molecule has 7 nitrogen and oxygen atoms in total. The molecule has 0 heterocycles. The minimum absolute atomic E-state index is 0.225. The number of esters is 1. The zero-order valence-corrected chi connectivity index (χ0v) is 18.3. The van der Waals surface area contributed by atoms with Gasteiger partial charge in [-0.15, -0.1) is 0 Å². The molecule has 33 heavy (non-hydrogen) atoms. The highest BCUT2D eigenvalue weighted by Gasteiger charge is 2.70. The fraction of sp³-hybridized carbons (Fsp3) is 0.423. The van der Waals surface area contributed by atoms with E-state index in [0.717, 1.165) is 5.57 Å². The number of carbonyl (C=O) groups excluding carboxylic acids is 1. The molecule has 4 unspecified atom stereocenters. The summed E-state index contributed by atoms with van der Waals surface area (Å²) in [4.78, 5) is 38.2. The monoisotopic (exact) mass is 450 g/mol. The van der Waals surface area contributed by atoms with Gasteiger partial charge < -0.3 is 20.1 Å². The molecule has 2 bridgehead atoms. The second-order valence-electron chi connectivity index (χ2n) is 10.0. The third kappa shape index (κ3) is 2.75. The Morgan fingerprint density at radius 2 is 1.85 bits per heavy atom. The van der Waals surface area contributed by atoms with Crippen molar-refractivity contribution in [1.82, 2.24) is 0 Å². The van der Waals surface area contributed by atoms with Crippen LogP contribution in [-0.2, 0) is 14.3 Å². The SMILES string of the molecule is C=C1CC23CC1(O)CCC2=C1C=CC(OC(=O)c2ccccc2)[C@@](C)(C(=O)O)C1[C@@H]3C(=O)O. The Hall–Kier alpha value is -3.19. The summed E-state index contributed by atoms with van der Waals surface area (Å²) < 4.78 is 5.67. The fourth-order valence-corrected chi connectivity index (χ4v) is 6.83. The van der Waals surface area contributed by atoms with Crippen LogP contribution in [0.3, 0.4) is 0 Å². The predicted octanol–water partition coefficient (Wildman–Crippen LogP) is 3.36. The van der Waals surface area contributed by atoms with Gasteiger partial charge in [0.2, 0.25) is 0 Å². The first kappa shape index (κ1) is 21.6. The first-order valence-electron chi connectivity index (χ1n) is 11.1. The summed E-state index contributed by atoms with van der Waals surface area (Å²) in [6.45, 7) is 5.49. The molecule has 0 aliphatic heterocycles. The van der Waals surface area contributed by atoms with E-state index in [9.17, 15) is 29.7 Å². The van der Waals surface area contributed by atoms with Crippen LogP contribution >= 0.6 is 0 Å². The molecular formula is C26H26O7. The van der Waals surface area contributed by atoms with E-state index in [2.05, 4.69) is 6.58 Å². The van der Waals surface area contributed by atoms with Gasteiger partial charge >= 0.3 is 17.9 Å². The van der Waals surface area contributed by atoms with E-state index in [-0.39, 0.29) is 12.0 Å². The lowest BCUT2D eigenvalue weighted by Crippen LogP contribution is -2.53. The van der Waals surface area contributed by atoms with Gasteiger partial charge in [-0.2, -0.15) is 0 Å². The lowest BCUT2D eigenvalue weighted by molar-refractivity contribution is -0.165. The maximum atomic E-state index is 12.8. The van der Waals surface area contributed by atoms with E-state index >= 15 is 0 Å². The lowest BCUT2D eigenvalue weighted by atomic mass is 9.59. The van der Waals surface area contributed by atoms with Gasteiger partial charge in [0.05, 0.1) is 17.1 Å². The number of aliphatic hydroxyl groups is 1. The summed E-state index contributed by atoms with van der Waals surface area (Å²) in [5.41, 5.74) is -1.22.